The Morgan fingerprint density at radius 1 is 1.29 bits per heavy atom. The molecule has 0 aliphatic carbocycles. The van der Waals surface area contributed by atoms with Gasteiger partial charge in [-0.15, -0.1) is 0 Å². The summed E-state index contributed by atoms with van der Waals surface area (Å²) in [5.74, 6) is 6.38. The van der Waals surface area contributed by atoms with Crippen LogP contribution in [0.1, 0.15) is 11.1 Å². The second kappa shape index (κ2) is 6.41. The van der Waals surface area contributed by atoms with Crippen molar-refractivity contribution in [3.63, 3.8) is 0 Å². The number of rotatable bonds is 2. The maximum Gasteiger partial charge on any atom is 0.0606 e. The van der Waals surface area contributed by atoms with E-state index >= 15 is 0 Å². The maximum atomic E-state index is 5.59. The summed E-state index contributed by atoms with van der Waals surface area (Å²) in [4.78, 5) is 2.31. The quantitative estimate of drug-likeness (QED) is 0.765. The number of nitrogens with zero attached hydrogens (tertiary/aromatic N) is 1. The van der Waals surface area contributed by atoms with Gasteiger partial charge in [-0.05, 0) is 17.7 Å². The molecular weight excluding hydrogens is 212 g/mol. The van der Waals surface area contributed by atoms with E-state index in [9.17, 15) is 0 Å². The summed E-state index contributed by atoms with van der Waals surface area (Å²) in [7, 11) is 0. The standard InChI is InChI=1S/C14H18N2O/c15-12-14-4-1-3-13(11-14)5-2-6-16-7-9-17-10-8-16/h1,3-4,11H,6-10,12,15H2. The Labute approximate surface area is 103 Å². The molecule has 1 saturated heterocycles. The fourth-order valence-electron chi connectivity index (χ4n) is 1.79. The van der Waals surface area contributed by atoms with Crippen LogP contribution in [0.3, 0.4) is 0 Å². The third kappa shape index (κ3) is 3.86. The normalized spacial score (nSPS) is 16.3. The van der Waals surface area contributed by atoms with E-state index in [4.69, 9.17) is 10.5 Å². The Kier molecular flexibility index (Phi) is 4.57. The molecule has 0 aromatic heterocycles. The van der Waals surface area contributed by atoms with Gasteiger partial charge in [0.2, 0.25) is 0 Å². The lowest BCUT2D eigenvalue weighted by atomic mass is 10.1. The Morgan fingerprint density at radius 2 is 2.12 bits per heavy atom. The lowest BCUT2D eigenvalue weighted by molar-refractivity contribution is 0.0443. The summed E-state index contributed by atoms with van der Waals surface area (Å²) in [5.41, 5.74) is 7.76. The Bertz CT molecular complexity index is 414. The molecule has 2 rings (SSSR count). The molecule has 2 N–H and O–H groups in total. The van der Waals surface area contributed by atoms with E-state index in [1.807, 2.05) is 24.3 Å². The summed E-state index contributed by atoms with van der Waals surface area (Å²) in [6.45, 7) is 5.00. The van der Waals surface area contributed by atoms with Crippen molar-refractivity contribution in [3.8, 4) is 11.8 Å². The van der Waals surface area contributed by atoms with Gasteiger partial charge in [-0.2, -0.15) is 0 Å². The third-order valence-corrected chi connectivity index (χ3v) is 2.80. The highest BCUT2D eigenvalue weighted by Crippen LogP contribution is 2.03. The molecule has 1 fully saturated rings. The predicted octanol–water partition coefficient (Wildman–Crippen LogP) is 0.829. The molecule has 1 heterocycles. The van der Waals surface area contributed by atoms with E-state index in [0.29, 0.717) is 6.54 Å². The van der Waals surface area contributed by atoms with Crippen LogP contribution < -0.4 is 5.73 Å². The first-order chi connectivity index (χ1) is 8.38. The average Bonchev–Trinajstić information content (AvgIpc) is 2.40. The Balaban J connectivity index is 1.91. The van der Waals surface area contributed by atoms with Crippen LogP contribution >= 0.6 is 0 Å². The first kappa shape index (κ1) is 12.1. The van der Waals surface area contributed by atoms with Crippen LogP contribution in [-0.4, -0.2) is 37.7 Å². The fourth-order valence-corrected chi connectivity index (χ4v) is 1.79. The van der Waals surface area contributed by atoms with Crippen molar-refractivity contribution in [3.05, 3.63) is 35.4 Å². The Morgan fingerprint density at radius 3 is 2.88 bits per heavy atom. The van der Waals surface area contributed by atoms with Gasteiger partial charge >= 0.3 is 0 Å². The van der Waals surface area contributed by atoms with Crippen molar-refractivity contribution in [2.75, 3.05) is 32.8 Å². The van der Waals surface area contributed by atoms with Crippen LogP contribution in [0.5, 0.6) is 0 Å². The average molecular weight is 230 g/mol. The minimum Gasteiger partial charge on any atom is -0.379 e. The lowest BCUT2D eigenvalue weighted by Crippen LogP contribution is -2.36. The zero-order valence-electron chi connectivity index (χ0n) is 9.98. The molecule has 3 nitrogen and oxygen atoms in total. The van der Waals surface area contributed by atoms with Gasteiger partial charge in [0, 0.05) is 25.2 Å². The molecule has 1 aliphatic rings. The molecule has 1 aliphatic heterocycles. The van der Waals surface area contributed by atoms with Gasteiger partial charge in [-0.25, -0.2) is 0 Å². The molecule has 0 amide bonds. The van der Waals surface area contributed by atoms with Crippen molar-refractivity contribution < 1.29 is 4.74 Å². The molecule has 0 bridgehead atoms. The van der Waals surface area contributed by atoms with Crippen LogP contribution in [0, 0.1) is 11.8 Å². The topological polar surface area (TPSA) is 38.5 Å². The zero-order chi connectivity index (χ0) is 11.9. The maximum absolute atomic E-state index is 5.59. The van der Waals surface area contributed by atoms with Crippen molar-refractivity contribution in [2.45, 2.75) is 6.54 Å². The van der Waals surface area contributed by atoms with Crippen molar-refractivity contribution in [1.29, 1.82) is 0 Å². The number of hydrogen-bond acceptors (Lipinski definition) is 3. The minimum atomic E-state index is 0.568. The van der Waals surface area contributed by atoms with Crippen LogP contribution in [0.4, 0.5) is 0 Å². The van der Waals surface area contributed by atoms with Gasteiger partial charge < -0.3 is 10.5 Å². The molecule has 3 heteroatoms. The van der Waals surface area contributed by atoms with E-state index in [2.05, 4.69) is 16.7 Å². The van der Waals surface area contributed by atoms with Crippen molar-refractivity contribution in [2.24, 2.45) is 5.73 Å². The van der Waals surface area contributed by atoms with E-state index in [1.165, 1.54) is 0 Å². The second-order valence-electron chi connectivity index (χ2n) is 4.09. The summed E-state index contributed by atoms with van der Waals surface area (Å²) >= 11 is 0. The number of hydrogen-bond donors (Lipinski definition) is 1. The highest BCUT2D eigenvalue weighted by molar-refractivity contribution is 5.37. The van der Waals surface area contributed by atoms with Gasteiger partial charge in [0.05, 0.1) is 19.8 Å². The minimum absolute atomic E-state index is 0.568. The number of ether oxygens (including phenoxy) is 1. The summed E-state index contributed by atoms with van der Waals surface area (Å²) in [6.07, 6.45) is 0. The zero-order valence-corrected chi connectivity index (χ0v) is 9.98. The highest BCUT2D eigenvalue weighted by atomic mass is 16.5. The molecule has 17 heavy (non-hydrogen) atoms. The fraction of sp³-hybridized carbons (Fsp3) is 0.429. The van der Waals surface area contributed by atoms with E-state index < -0.39 is 0 Å². The van der Waals surface area contributed by atoms with Gasteiger partial charge in [-0.1, -0.05) is 24.0 Å². The molecule has 1 aromatic rings. The van der Waals surface area contributed by atoms with Gasteiger partial charge in [-0.3, -0.25) is 4.90 Å². The van der Waals surface area contributed by atoms with Crippen LogP contribution in [0.2, 0.25) is 0 Å². The predicted molar refractivity (Wildman–Crippen MR) is 68.5 cm³/mol. The molecular formula is C14H18N2O. The van der Waals surface area contributed by atoms with Gasteiger partial charge in [0.1, 0.15) is 0 Å². The van der Waals surface area contributed by atoms with Crippen LogP contribution in [0.15, 0.2) is 24.3 Å². The smallest absolute Gasteiger partial charge is 0.0606 e. The number of benzene rings is 1. The SMILES string of the molecule is NCc1cccc(C#CCN2CCOCC2)c1. The van der Waals surface area contributed by atoms with Crippen LogP contribution in [-0.2, 0) is 11.3 Å². The van der Waals surface area contributed by atoms with E-state index in [1.54, 1.807) is 0 Å². The molecule has 0 radical (unpaired) electrons. The lowest BCUT2D eigenvalue weighted by Gasteiger charge is -2.24. The first-order valence-electron chi connectivity index (χ1n) is 5.96. The second-order valence-corrected chi connectivity index (χ2v) is 4.09. The molecule has 1 aromatic carbocycles. The van der Waals surface area contributed by atoms with Gasteiger partial charge in [0.15, 0.2) is 0 Å². The monoisotopic (exact) mass is 230 g/mol. The molecule has 0 saturated carbocycles. The Hall–Kier alpha value is -1.34. The highest BCUT2D eigenvalue weighted by Gasteiger charge is 2.07. The summed E-state index contributed by atoms with van der Waals surface area (Å²) in [6, 6.07) is 8.09. The van der Waals surface area contributed by atoms with E-state index in [0.717, 1.165) is 44.0 Å². The van der Waals surface area contributed by atoms with Crippen molar-refractivity contribution >= 4 is 0 Å². The number of morpholine rings is 1. The first-order valence-corrected chi connectivity index (χ1v) is 5.96. The molecule has 0 unspecified atom stereocenters. The molecule has 0 atom stereocenters. The summed E-state index contributed by atoms with van der Waals surface area (Å²) < 4.78 is 5.29. The van der Waals surface area contributed by atoms with Crippen LogP contribution in [0.25, 0.3) is 0 Å². The molecule has 0 spiro atoms. The van der Waals surface area contributed by atoms with E-state index in [-0.39, 0.29) is 0 Å². The molecule has 90 valence electrons. The van der Waals surface area contributed by atoms with Crippen molar-refractivity contribution in [1.82, 2.24) is 4.90 Å². The largest absolute Gasteiger partial charge is 0.379 e. The summed E-state index contributed by atoms with van der Waals surface area (Å²) in [5, 5.41) is 0. The number of nitrogens with two attached hydrogens (primary N) is 1. The third-order valence-electron chi connectivity index (χ3n) is 2.80. The van der Waals surface area contributed by atoms with Gasteiger partial charge in [0.25, 0.3) is 0 Å².